The molecule has 1 N–H and O–H groups in total. The van der Waals surface area contributed by atoms with E-state index < -0.39 is 5.82 Å². The fourth-order valence-corrected chi connectivity index (χ4v) is 5.17. The molecule has 34 heavy (non-hydrogen) atoms. The lowest BCUT2D eigenvalue weighted by Crippen LogP contribution is -2.31. The molecule has 176 valence electrons. The summed E-state index contributed by atoms with van der Waals surface area (Å²) >= 11 is 7.71. The lowest BCUT2D eigenvalue weighted by Gasteiger charge is -2.32. The molecule has 1 aliphatic carbocycles. The van der Waals surface area contributed by atoms with Gasteiger partial charge in [0.15, 0.2) is 5.78 Å². The Balaban J connectivity index is 1.43. The van der Waals surface area contributed by atoms with Crippen LogP contribution < -0.4 is 10.1 Å². The normalized spacial score (nSPS) is 17.3. The minimum Gasteiger partial charge on any atom is -0.489 e. The number of rotatable bonds is 7. The van der Waals surface area contributed by atoms with E-state index in [2.05, 4.69) is 17.2 Å². The Kier molecular flexibility index (Phi) is 6.61. The summed E-state index contributed by atoms with van der Waals surface area (Å²) in [6.07, 6.45) is 3.20. The first-order valence-electron chi connectivity index (χ1n) is 11.3. The highest BCUT2D eigenvalue weighted by atomic mass is 35.5. The van der Waals surface area contributed by atoms with Gasteiger partial charge in [0.05, 0.1) is 5.02 Å². The number of hydrogen-bond donors (Lipinski definition) is 1. The van der Waals surface area contributed by atoms with Crippen LogP contribution in [0.2, 0.25) is 5.02 Å². The molecule has 2 aliphatic rings. The van der Waals surface area contributed by atoms with Gasteiger partial charge in [-0.15, -0.1) is 5.10 Å². The van der Waals surface area contributed by atoms with Crippen LogP contribution >= 0.6 is 23.4 Å². The summed E-state index contributed by atoms with van der Waals surface area (Å²) in [5, 5.41) is 9.10. The fourth-order valence-electron chi connectivity index (χ4n) is 4.27. The Labute approximate surface area is 206 Å². The van der Waals surface area contributed by atoms with Crippen molar-refractivity contribution >= 4 is 35.1 Å². The monoisotopic (exact) mass is 498 g/mol. The lowest BCUT2D eigenvalue weighted by molar-refractivity contribution is -0.116. The highest BCUT2D eigenvalue weighted by Gasteiger charge is 2.36. The van der Waals surface area contributed by atoms with Crippen LogP contribution in [0.3, 0.4) is 0 Å². The van der Waals surface area contributed by atoms with E-state index in [9.17, 15) is 9.18 Å². The van der Waals surface area contributed by atoms with Crippen LogP contribution in [0, 0.1) is 5.82 Å². The maximum atomic E-state index is 14.1. The number of Topliss-reactive ketones (excluding diaryl/α,β-unsaturated/α-hetero) is 1. The number of anilines is 1. The summed E-state index contributed by atoms with van der Waals surface area (Å²) in [6.45, 7) is 2.14. The van der Waals surface area contributed by atoms with E-state index in [1.165, 1.54) is 6.07 Å². The minimum absolute atomic E-state index is 0.0250. The Bertz CT molecular complexity index is 1240. The topological polar surface area (TPSA) is 69.0 Å². The molecule has 0 spiro atoms. The number of benzene rings is 2. The molecule has 2 heterocycles. The molecule has 1 unspecified atom stereocenters. The van der Waals surface area contributed by atoms with Crippen LogP contribution in [0.15, 0.2) is 58.9 Å². The first-order chi connectivity index (χ1) is 16.5. The molecule has 0 saturated heterocycles. The minimum atomic E-state index is -0.399. The number of aromatic nitrogens is 3. The van der Waals surface area contributed by atoms with Crippen molar-refractivity contribution in [3.05, 3.63) is 75.7 Å². The number of halogens is 2. The highest BCUT2D eigenvalue weighted by molar-refractivity contribution is 7.99. The molecule has 1 aliphatic heterocycles. The van der Waals surface area contributed by atoms with Crippen molar-refractivity contribution in [1.82, 2.24) is 14.8 Å². The number of ether oxygens (including phenoxy) is 1. The lowest BCUT2D eigenvalue weighted by atomic mass is 9.85. The number of nitrogens with zero attached hydrogens (tertiary/aromatic N) is 3. The van der Waals surface area contributed by atoms with Gasteiger partial charge in [-0.2, -0.15) is 4.98 Å². The summed E-state index contributed by atoms with van der Waals surface area (Å²) in [4.78, 5) is 17.6. The van der Waals surface area contributed by atoms with Crippen LogP contribution in [-0.2, 0) is 11.4 Å². The summed E-state index contributed by atoms with van der Waals surface area (Å²) in [7, 11) is 0. The maximum Gasteiger partial charge on any atom is 0.227 e. The van der Waals surface area contributed by atoms with Crippen molar-refractivity contribution in [3.63, 3.8) is 0 Å². The van der Waals surface area contributed by atoms with Crippen molar-refractivity contribution < 1.29 is 13.9 Å². The molecule has 6 nitrogen and oxygen atoms in total. The Hall–Kier alpha value is -2.84. The van der Waals surface area contributed by atoms with Crippen LogP contribution in [0.1, 0.15) is 49.8 Å². The number of hydrogen-bond acceptors (Lipinski definition) is 6. The van der Waals surface area contributed by atoms with Crippen molar-refractivity contribution in [2.45, 2.75) is 50.4 Å². The average Bonchev–Trinajstić information content (AvgIpc) is 3.24. The maximum absolute atomic E-state index is 14.1. The van der Waals surface area contributed by atoms with E-state index >= 15 is 0 Å². The Morgan fingerprint density at radius 2 is 2.06 bits per heavy atom. The van der Waals surface area contributed by atoms with Gasteiger partial charge in [-0.05, 0) is 49.1 Å². The van der Waals surface area contributed by atoms with Crippen LogP contribution in [0.25, 0.3) is 0 Å². The number of fused-ring (bicyclic) bond motifs is 1. The molecule has 0 radical (unpaired) electrons. The van der Waals surface area contributed by atoms with E-state index in [0.717, 1.165) is 41.8 Å². The van der Waals surface area contributed by atoms with Crippen molar-refractivity contribution in [3.8, 4) is 5.75 Å². The standard InChI is InChI=1S/C25H24ClFN4O2S/c1-2-13-34-25-29-24-28-20-7-4-8-21(32)22(20)23(31(24)30-25)15-9-11-16(12-10-15)33-14-17-18(26)5-3-6-19(17)27/h3,5-6,9-12,23H,2,4,7-8,13-14H2,1H3,(H,28,29,30). The summed E-state index contributed by atoms with van der Waals surface area (Å²) in [6, 6.07) is 11.7. The second-order valence-corrected chi connectivity index (χ2v) is 9.73. The summed E-state index contributed by atoms with van der Waals surface area (Å²) in [5.74, 6) is 1.91. The number of nitrogens with one attached hydrogen (secondary N) is 1. The molecule has 0 bridgehead atoms. The van der Waals surface area contributed by atoms with Crippen molar-refractivity contribution in [2.24, 2.45) is 0 Å². The van der Waals surface area contributed by atoms with Gasteiger partial charge in [-0.3, -0.25) is 4.79 Å². The van der Waals surface area contributed by atoms with Crippen LogP contribution in [0.5, 0.6) is 5.75 Å². The van der Waals surface area contributed by atoms with Crippen molar-refractivity contribution in [1.29, 1.82) is 0 Å². The molecule has 1 aromatic heterocycles. The second-order valence-electron chi connectivity index (χ2n) is 8.27. The number of carbonyl (C=O) groups excluding carboxylic acids is 1. The molecule has 9 heteroatoms. The third-order valence-electron chi connectivity index (χ3n) is 5.92. The molecular weight excluding hydrogens is 475 g/mol. The van der Waals surface area contributed by atoms with Gasteiger partial charge in [0, 0.05) is 29.0 Å². The van der Waals surface area contributed by atoms with E-state index in [1.807, 2.05) is 28.9 Å². The first kappa shape index (κ1) is 22.9. The molecule has 5 rings (SSSR count). The second kappa shape index (κ2) is 9.80. The molecule has 1 atom stereocenters. The first-order valence-corrected chi connectivity index (χ1v) is 12.7. The zero-order chi connectivity index (χ0) is 23.7. The highest BCUT2D eigenvalue weighted by Crippen LogP contribution is 2.41. The molecule has 0 fully saturated rings. The van der Waals surface area contributed by atoms with Gasteiger partial charge in [0.25, 0.3) is 0 Å². The third-order valence-corrected chi connectivity index (χ3v) is 7.32. The van der Waals surface area contributed by atoms with Gasteiger partial charge in [-0.1, -0.05) is 48.5 Å². The molecule has 0 saturated carbocycles. The molecule has 0 amide bonds. The number of carbonyl (C=O) groups is 1. The zero-order valence-corrected chi connectivity index (χ0v) is 20.3. The predicted molar refractivity (Wildman–Crippen MR) is 131 cm³/mol. The smallest absolute Gasteiger partial charge is 0.227 e. The van der Waals surface area contributed by atoms with Crippen LogP contribution in [0.4, 0.5) is 10.3 Å². The van der Waals surface area contributed by atoms with Crippen molar-refractivity contribution in [2.75, 3.05) is 11.1 Å². The molecular formula is C25H24ClFN4O2S. The van der Waals surface area contributed by atoms with Crippen LogP contribution in [-0.4, -0.2) is 26.3 Å². The van der Waals surface area contributed by atoms with Gasteiger partial charge in [0.2, 0.25) is 11.1 Å². The predicted octanol–water partition coefficient (Wildman–Crippen LogP) is 6.17. The van der Waals surface area contributed by atoms with E-state index in [-0.39, 0.29) is 18.4 Å². The van der Waals surface area contributed by atoms with Gasteiger partial charge in [-0.25, -0.2) is 9.07 Å². The Morgan fingerprint density at radius 1 is 1.24 bits per heavy atom. The van der Waals surface area contributed by atoms with E-state index in [0.29, 0.717) is 33.9 Å². The molecule has 2 aromatic carbocycles. The van der Waals surface area contributed by atoms with Gasteiger partial charge >= 0.3 is 0 Å². The number of thioether (sulfide) groups is 1. The summed E-state index contributed by atoms with van der Waals surface area (Å²) in [5.41, 5.74) is 2.92. The third kappa shape index (κ3) is 4.44. The Morgan fingerprint density at radius 3 is 2.82 bits per heavy atom. The van der Waals surface area contributed by atoms with E-state index in [4.69, 9.17) is 21.4 Å². The van der Waals surface area contributed by atoms with Gasteiger partial charge < -0.3 is 10.1 Å². The number of allylic oxidation sites excluding steroid dienone is 2. The molecule has 3 aromatic rings. The number of ketones is 1. The van der Waals surface area contributed by atoms with E-state index in [1.54, 1.807) is 23.9 Å². The quantitative estimate of drug-likeness (QED) is 0.393. The largest absolute Gasteiger partial charge is 0.489 e. The summed E-state index contributed by atoms with van der Waals surface area (Å²) < 4.78 is 21.7. The fraction of sp³-hybridized carbons (Fsp3) is 0.320. The SMILES string of the molecule is CCCSc1nc2n(n1)C(c1ccc(OCc3c(F)cccc3Cl)cc1)C1=C(CCCC1=O)N2. The average molecular weight is 499 g/mol. The zero-order valence-electron chi connectivity index (χ0n) is 18.7. The van der Waals surface area contributed by atoms with Gasteiger partial charge in [0.1, 0.15) is 24.2 Å².